The molecule has 1 N–H and O–H groups in total. The Labute approximate surface area is 270 Å². The van der Waals surface area contributed by atoms with Gasteiger partial charge in [-0.1, -0.05) is 92.2 Å². The second kappa shape index (κ2) is 16.6. The summed E-state index contributed by atoms with van der Waals surface area (Å²) < 4.78 is 50.2. The van der Waals surface area contributed by atoms with Crippen molar-refractivity contribution in [3.05, 3.63) is 126 Å². The minimum absolute atomic E-state index is 0.0205. The molecule has 0 spiro atoms. The SMILES string of the molecule is CCCCNC(=O)C(Cc1ccccc1)N(Cc1ccccc1F)C(=O)CN(c1ccccc1OCC)S(=O)(=O)c1ccccc1. The third kappa shape index (κ3) is 8.72. The highest BCUT2D eigenvalue weighted by Crippen LogP contribution is 2.33. The molecule has 46 heavy (non-hydrogen) atoms. The fourth-order valence-electron chi connectivity index (χ4n) is 5.04. The van der Waals surface area contributed by atoms with Crippen LogP contribution >= 0.6 is 0 Å². The highest BCUT2D eigenvalue weighted by molar-refractivity contribution is 7.92. The molecule has 8 nitrogen and oxygen atoms in total. The van der Waals surface area contributed by atoms with Crippen molar-refractivity contribution in [2.24, 2.45) is 0 Å². The summed E-state index contributed by atoms with van der Waals surface area (Å²) in [4.78, 5) is 29.6. The number of carbonyl (C=O) groups is 2. The predicted octanol–water partition coefficient (Wildman–Crippen LogP) is 5.98. The highest BCUT2D eigenvalue weighted by atomic mass is 32.2. The van der Waals surface area contributed by atoms with Gasteiger partial charge in [0.2, 0.25) is 11.8 Å². The quantitative estimate of drug-likeness (QED) is 0.151. The summed E-state index contributed by atoms with van der Waals surface area (Å²) in [5.74, 6) is -1.36. The molecule has 0 bridgehead atoms. The number of hydrogen-bond donors (Lipinski definition) is 1. The molecule has 2 amide bonds. The van der Waals surface area contributed by atoms with Crippen molar-refractivity contribution in [2.45, 2.75) is 50.6 Å². The maximum atomic E-state index is 15.1. The van der Waals surface area contributed by atoms with Crippen LogP contribution < -0.4 is 14.4 Å². The lowest BCUT2D eigenvalue weighted by Gasteiger charge is -2.34. The van der Waals surface area contributed by atoms with Crippen molar-refractivity contribution in [3.63, 3.8) is 0 Å². The van der Waals surface area contributed by atoms with E-state index in [9.17, 15) is 18.0 Å². The summed E-state index contributed by atoms with van der Waals surface area (Å²) in [6.45, 7) is 3.53. The third-order valence-electron chi connectivity index (χ3n) is 7.44. The fraction of sp³-hybridized carbons (Fsp3) is 0.278. The van der Waals surface area contributed by atoms with E-state index in [2.05, 4.69) is 5.32 Å². The normalized spacial score (nSPS) is 11.8. The third-order valence-corrected chi connectivity index (χ3v) is 9.22. The molecule has 0 aliphatic rings. The number of anilines is 1. The van der Waals surface area contributed by atoms with Crippen LogP contribution in [0.3, 0.4) is 0 Å². The molecular weight excluding hydrogens is 605 g/mol. The first-order valence-corrected chi connectivity index (χ1v) is 16.8. The molecule has 242 valence electrons. The van der Waals surface area contributed by atoms with Gasteiger partial charge >= 0.3 is 0 Å². The summed E-state index contributed by atoms with van der Waals surface area (Å²) in [6.07, 6.45) is 1.73. The summed E-state index contributed by atoms with van der Waals surface area (Å²) in [6, 6.07) is 28.6. The maximum absolute atomic E-state index is 15.1. The van der Waals surface area contributed by atoms with E-state index in [4.69, 9.17) is 4.74 Å². The lowest BCUT2D eigenvalue weighted by atomic mass is 10.0. The molecule has 0 aromatic heterocycles. The summed E-state index contributed by atoms with van der Waals surface area (Å²) in [5.41, 5.74) is 1.15. The van der Waals surface area contributed by atoms with Crippen LogP contribution in [0.25, 0.3) is 0 Å². The first kappa shape index (κ1) is 34.2. The van der Waals surface area contributed by atoms with Crippen LogP contribution in [-0.4, -0.2) is 50.9 Å². The van der Waals surface area contributed by atoms with E-state index < -0.39 is 40.2 Å². The molecule has 1 atom stereocenters. The molecule has 0 saturated heterocycles. The van der Waals surface area contributed by atoms with Crippen LogP contribution in [0.2, 0.25) is 0 Å². The summed E-state index contributed by atoms with van der Waals surface area (Å²) >= 11 is 0. The van der Waals surface area contributed by atoms with Crippen LogP contribution in [0.4, 0.5) is 10.1 Å². The lowest BCUT2D eigenvalue weighted by Crippen LogP contribution is -2.53. The average molecular weight is 646 g/mol. The zero-order chi connectivity index (χ0) is 32.9. The molecule has 1 unspecified atom stereocenters. The Morgan fingerprint density at radius 2 is 1.48 bits per heavy atom. The molecule has 4 aromatic carbocycles. The standard InChI is InChI=1S/C36H40FN3O5S/c1-3-5-24-38-36(42)33(25-28-16-8-6-9-17-28)39(26-29-18-12-13-21-31(29)37)35(41)27-40(32-22-14-15-23-34(32)45-4-2)46(43,44)30-19-10-7-11-20-30/h6-23,33H,3-5,24-27H2,1-2H3,(H,38,42). The monoisotopic (exact) mass is 645 g/mol. The second-order valence-corrected chi connectivity index (χ2v) is 12.6. The average Bonchev–Trinajstić information content (AvgIpc) is 3.07. The van der Waals surface area contributed by atoms with Crippen molar-refractivity contribution < 1.29 is 27.1 Å². The summed E-state index contributed by atoms with van der Waals surface area (Å²) in [5, 5.41) is 2.93. The number of para-hydroxylation sites is 2. The molecular formula is C36H40FN3O5S. The Morgan fingerprint density at radius 3 is 2.15 bits per heavy atom. The fourth-order valence-corrected chi connectivity index (χ4v) is 6.49. The molecule has 0 aliphatic heterocycles. The van der Waals surface area contributed by atoms with E-state index in [-0.39, 0.29) is 41.5 Å². The number of nitrogens with one attached hydrogen (secondary N) is 1. The van der Waals surface area contributed by atoms with Crippen molar-refractivity contribution >= 4 is 27.5 Å². The topological polar surface area (TPSA) is 96.0 Å². The number of hydrogen-bond acceptors (Lipinski definition) is 5. The van der Waals surface area contributed by atoms with Crippen LogP contribution in [0, 0.1) is 5.82 Å². The van der Waals surface area contributed by atoms with Gasteiger partial charge in [-0.05, 0) is 49.2 Å². The highest BCUT2D eigenvalue weighted by Gasteiger charge is 2.35. The Kier molecular flexibility index (Phi) is 12.3. The smallest absolute Gasteiger partial charge is 0.264 e. The zero-order valence-electron chi connectivity index (χ0n) is 26.1. The van der Waals surface area contributed by atoms with Gasteiger partial charge in [-0.3, -0.25) is 13.9 Å². The minimum atomic E-state index is -4.30. The van der Waals surface area contributed by atoms with Crippen molar-refractivity contribution in [1.29, 1.82) is 0 Å². The molecule has 4 aromatic rings. The minimum Gasteiger partial charge on any atom is -0.492 e. The van der Waals surface area contributed by atoms with Gasteiger partial charge in [0.15, 0.2) is 0 Å². The number of sulfonamides is 1. The van der Waals surface area contributed by atoms with Gasteiger partial charge in [0.25, 0.3) is 10.0 Å². The predicted molar refractivity (Wildman–Crippen MR) is 177 cm³/mol. The van der Waals surface area contributed by atoms with E-state index in [1.54, 1.807) is 67.6 Å². The van der Waals surface area contributed by atoms with Gasteiger partial charge in [-0.25, -0.2) is 12.8 Å². The van der Waals surface area contributed by atoms with Gasteiger partial charge in [-0.2, -0.15) is 0 Å². The Morgan fingerprint density at radius 1 is 0.848 bits per heavy atom. The summed E-state index contributed by atoms with van der Waals surface area (Å²) in [7, 11) is -4.30. The van der Waals surface area contributed by atoms with E-state index in [1.807, 2.05) is 37.3 Å². The van der Waals surface area contributed by atoms with Crippen LogP contribution in [-0.2, 0) is 32.6 Å². The lowest BCUT2D eigenvalue weighted by molar-refractivity contribution is -0.140. The van der Waals surface area contributed by atoms with Crippen LogP contribution in [0.1, 0.15) is 37.8 Å². The number of amides is 2. The van der Waals surface area contributed by atoms with E-state index in [0.29, 0.717) is 6.54 Å². The number of carbonyl (C=O) groups excluding carboxylic acids is 2. The first-order chi connectivity index (χ1) is 22.3. The number of rotatable bonds is 16. The van der Waals surface area contributed by atoms with Crippen LogP contribution in [0.15, 0.2) is 114 Å². The second-order valence-electron chi connectivity index (χ2n) is 10.7. The van der Waals surface area contributed by atoms with Crippen molar-refractivity contribution in [1.82, 2.24) is 10.2 Å². The van der Waals surface area contributed by atoms with Crippen molar-refractivity contribution in [2.75, 3.05) is 24.0 Å². The van der Waals surface area contributed by atoms with Gasteiger partial charge in [0, 0.05) is 25.1 Å². The number of nitrogens with zero attached hydrogens (tertiary/aromatic N) is 2. The number of benzene rings is 4. The molecule has 0 aliphatic carbocycles. The van der Waals surface area contributed by atoms with Crippen LogP contribution in [0.5, 0.6) is 5.75 Å². The molecule has 0 fully saturated rings. The van der Waals surface area contributed by atoms with E-state index >= 15 is 4.39 Å². The zero-order valence-corrected chi connectivity index (χ0v) is 27.0. The van der Waals surface area contributed by atoms with Crippen molar-refractivity contribution in [3.8, 4) is 5.75 Å². The van der Waals surface area contributed by atoms with Gasteiger partial charge in [0.05, 0.1) is 17.2 Å². The first-order valence-electron chi connectivity index (χ1n) is 15.4. The number of halogens is 1. The Balaban J connectivity index is 1.82. The largest absolute Gasteiger partial charge is 0.492 e. The number of unbranched alkanes of at least 4 members (excludes halogenated alkanes) is 1. The molecule has 0 heterocycles. The molecule has 0 saturated carbocycles. The Hall–Kier alpha value is -4.70. The van der Waals surface area contributed by atoms with Gasteiger partial charge in [-0.15, -0.1) is 0 Å². The number of ether oxygens (including phenoxy) is 1. The molecule has 4 rings (SSSR count). The van der Waals surface area contributed by atoms with E-state index in [1.165, 1.54) is 23.1 Å². The molecule has 0 radical (unpaired) electrons. The maximum Gasteiger partial charge on any atom is 0.264 e. The van der Waals surface area contributed by atoms with E-state index in [0.717, 1.165) is 22.7 Å². The Bertz CT molecular complexity index is 1690. The van der Waals surface area contributed by atoms with Gasteiger partial charge < -0.3 is 15.0 Å². The van der Waals surface area contributed by atoms with Gasteiger partial charge in [0.1, 0.15) is 24.2 Å². The molecule has 10 heteroatoms.